The fourth-order valence-corrected chi connectivity index (χ4v) is 2.00. The lowest BCUT2D eigenvalue weighted by atomic mass is 10.2. The predicted molar refractivity (Wildman–Crippen MR) is 67.4 cm³/mol. The molecule has 1 rings (SSSR count). The van der Waals surface area contributed by atoms with Crippen LogP contribution in [0, 0.1) is 0 Å². The Labute approximate surface area is 106 Å². The van der Waals surface area contributed by atoms with Gasteiger partial charge >= 0.3 is 0 Å². The highest BCUT2D eigenvalue weighted by Gasteiger charge is 2.15. The standard InChI is InChI=1S/C11H15Cl2NO2/c1-7(11(15-2)16-3)14-10-5-8(12)4-9(13)6-10/h4-7,11,14H,1-3H3. The van der Waals surface area contributed by atoms with Gasteiger partial charge < -0.3 is 14.8 Å². The van der Waals surface area contributed by atoms with Gasteiger partial charge in [0.2, 0.25) is 0 Å². The van der Waals surface area contributed by atoms with Crippen LogP contribution in [0.25, 0.3) is 0 Å². The van der Waals surface area contributed by atoms with Crippen LogP contribution in [0.5, 0.6) is 0 Å². The van der Waals surface area contributed by atoms with Crippen LogP contribution in [0.1, 0.15) is 6.92 Å². The molecule has 1 aromatic rings. The molecule has 0 aliphatic rings. The molecule has 0 saturated heterocycles. The van der Waals surface area contributed by atoms with Crippen LogP contribution in [0.15, 0.2) is 18.2 Å². The molecule has 0 amide bonds. The monoisotopic (exact) mass is 263 g/mol. The summed E-state index contributed by atoms with van der Waals surface area (Å²) < 4.78 is 10.3. The van der Waals surface area contributed by atoms with E-state index in [0.717, 1.165) is 5.69 Å². The summed E-state index contributed by atoms with van der Waals surface area (Å²) in [5, 5.41) is 4.39. The van der Waals surface area contributed by atoms with E-state index in [1.54, 1.807) is 32.4 Å². The molecule has 1 atom stereocenters. The average Bonchev–Trinajstić information content (AvgIpc) is 2.17. The zero-order valence-corrected chi connectivity index (χ0v) is 11.0. The van der Waals surface area contributed by atoms with E-state index in [9.17, 15) is 0 Å². The summed E-state index contributed by atoms with van der Waals surface area (Å²) in [6.07, 6.45) is -0.322. The summed E-state index contributed by atoms with van der Waals surface area (Å²) in [5.74, 6) is 0. The quantitative estimate of drug-likeness (QED) is 0.826. The summed E-state index contributed by atoms with van der Waals surface area (Å²) in [6.45, 7) is 1.95. The highest BCUT2D eigenvalue weighted by molar-refractivity contribution is 6.35. The minimum atomic E-state index is -0.322. The molecule has 3 nitrogen and oxygen atoms in total. The normalized spacial score (nSPS) is 12.9. The van der Waals surface area contributed by atoms with Gasteiger partial charge in [0.1, 0.15) is 0 Å². The maximum Gasteiger partial charge on any atom is 0.176 e. The van der Waals surface area contributed by atoms with Crippen LogP contribution in [-0.2, 0) is 9.47 Å². The molecule has 0 aliphatic carbocycles. The number of benzene rings is 1. The first-order valence-electron chi connectivity index (χ1n) is 4.85. The van der Waals surface area contributed by atoms with Gasteiger partial charge in [-0.1, -0.05) is 23.2 Å². The first-order chi connectivity index (χ1) is 7.56. The highest BCUT2D eigenvalue weighted by atomic mass is 35.5. The van der Waals surface area contributed by atoms with Crippen molar-refractivity contribution in [2.45, 2.75) is 19.3 Å². The topological polar surface area (TPSA) is 30.5 Å². The second-order valence-electron chi connectivity index (χ2n) is 3.43. The Morgan fingerprint density at radius 3 is 2.00 bits per heavy atom. The van der Waals surface area contributed by atoms with Crippen molar-refractivity contribution < 1.29 is 9.47 Å². The summed E-state index contributed by atoms with van der Waals surface area (Å²) in [5.41, 5.74) is 0.837. The molecule has 5 heteroatoms. The summed E-state index contributed by atoms with van der Waals surface area (Å²) >= 11 is 11.8. The minimum Gasteiger partial charge on any atom is -0.377 e. The van der Waals surface area contributed by atoms with E-state index in [2.05, 4.69) is 5.32 Å². The Hall–Kier alpha value is -0.480. The van der Waals surface area contributed by atoms with Crippen LogP contribution in [0.4, 0.5) is 5.69 Å². The molecule has 0 aromatic heterocycles. The fraction of sp³-hybridized carbons (Fsp3) is 0.455. The molecule has 0 spiro atoms. The van der Waals surface area contributed by atoms with Gasteiger partial charge in [-0.2, -0.15) is 0 Å². The van der Waals surface area contributed by atoms with E-state index in [1.165, 1.54) is 0 Å². The fourth-order valence-electron chi connectivity index (χ4n) is 1.47. The Morgan fingerprint density at radius 1 is 1.06 bits per heavy atom. The van der Waals surface area contributed by atoms with Gasteiger partial charge in [-0.25, -0.2) is 0 Å². The number of nitrogens with one attached hydrogen (secondary N) is 1. The maximum absolute atomic E-state index is 5.89. The molecule has 0 fully saturated rings. The van der Waals surface area contributed by atoms with Gasteiger partial charge in [0.05, 0.1) is 6.04 Å². The lowest BCUT2D eigenvalue weighted by Gasteiger charge is -2.23. The van der Waals surface area contributed by atoms with Crippen molar-refractivity contribution in [3.8, 4) is 0 Å². The van der Waals surface area contributed by atoms with Gasteiger partial charge in [0, 0.05) is 30.0 Å². The zero-order valence-electron chi connectivity index (χ0n) is 9.46. The molecule has 0 bridgehead atoms. The summed E-state index contributed by atoms with van der Waals surface area (Å²) in [4.78, 5) is 0. The molecular formula is C11H15Cl2NO2. The number of hydrogen-bond donors (Lipinski definition) is 1. The molecule has 0 aliphatic heterocycles. The average molecular weight is 264 g/mol. The number of hydrogen-bond acceptors (Lipinski definition) is 3. The van der Waals surface area contributed by atoms with Crippen molar-refractivity contribution in [1.82, 2.24) is 0 Å². The zero-order chi connectivity index (χ0) is 12.1. The van der Waals surface area contributed by atoms with Gasteiger partial charge in [0.25, 0.3) is 0 Å². The molecule has 0 saturated carbocycles. The second-order valence-corrected chi connectivity index (χ2v) is 4.30. The van der Waals surface area contributed by atoms with Gasteiger partial charge in [-0.15, -0.1) is 0 Å². The van der Waals surface area contributed by atoms with Crippen molar-refractivity contribution >= 4 is 28.9 Å². The van der Waals surface area contributed by atoms with E-state index < -0.39 is 0 Å². The molecule has 0 heterocycles. The van der Waals surface area contributed by atoms with Gasteiger partial charge in [-0.3, -0.25) is 0 Å². The van der Waals surface area contributed by atoms with E-state index in [1.807, 2.05) is 6.92 Å². The Kier molecular flexibility index (Phi) is 5.35. The number of ether oxygens (including phenoxy) is 2. The third-order valence-corrected chi connectivity index (χ3v) is 2.57. The lowest BCUT2D eigenvalue weighted by molar-refractivity contribution is -0.109. The summed E-state index contributed by atoms with van der Waals surface area (Å²) in [7, 11) is 3.19. The number of halogens is 2. The van der Waals surface area contributed by atoms with E-state index >= 15 is 0 Å². The van der Waals surface area contributed by atoms with Crippen LogP contribution in [-0.4, -0.2) is 26.6 Å². The van der Waals surface area contributed by atoms with Crippen molar-refractivity contribution in [2.24, 2.45) is 0 Å². The largest absolute Gasteiger partial charge is 0.377 e. The first kappa shape index (κ1) is 13.6. The molecule has 90 valence electrons. The van der Waals surface area contributed by atoms with Gasteiger partial charge in [0.15, 0.2) is 6.29 Å². The molecule has 1 N–H and O–H groups in total. The summed E-state index contributed by atoms with van der Waals surface area (Å²) in [6, 6.07) is 5.27. The van der Waals surface area contributed by atoms with Crippen LogP contribution in [0.2, 0.25) is 10.0 Å². The number of rotatable bonds is 5. The van der Waals surface area contributed by atoms with Crippen molar-refractivity contribution in [2.75, 3.05) is 19.5 Å². The third kappa shape index (κ3) is 3.83. The van der Waals surface area contributed by atoms with E-state index in [0.29, 0.717) is 10.0 Å². The van der Waals surface area contributed by atoms with Crippen LogP contribution >= 0.6 is 23.2 Å². The second kappa shape index (κ2) is 6.30. The van der Waals surface area contributed by atoms with Gasteiger partial charge in [-0.05, 0) is 25.1 Å². The molecule has 1 aromatic carbocycles. The number of anilines is 1. The van der Waals surface area contributed by atoms with Crippen molar-refractivity contribution in [3.05, 3.63) is 28.2 Å². The predicted octanol–water partition coefficient (Wildman–Crippen LogP) is 3.41. The van der Waals surface area contributed by atoms with E-state index in [4.69, 9.17) is 32.7 Å². The van der Waals surface area contributed by atoms with Crippen LogP contribution in [0.3, 0.4) is 0 Å². The molecule has 1 unspecified atom stereocenters. The lowest BCUT2D eigenvalue weighted by Crippen LogP contribution is -2.33. The molecule has 0 radical (unpaired) electrons. The Balaban J connectivity index is 2.72. The highest BCUT2D eigenvalue weighted by Crippen LogP contribution is 2.23. The van der Waals surface area contributed by atoms with Crippen LogP contribution < -0.4 is 5.32 Å². The van der Waals surface area contributed by atoms with Crippen molar-refractivity contribution in [1.29, 1.82) is 0 Å². The first-order valence-corrected chi connectivity index (χ1v) is 5.60. The number of methoxy groups -OCH3 is 2. The van der Waals surface area contributed by atoms with Crippen molar-refractivity contribution in [3.63, 3.8) is 0 Å². The maximum atomic E-state index is 5.89. The smallest absolute Gasteiger partial charge is 0.176 e. The SMILES string of the molecule is COC(OC)C(C)Nc1cc(Cl)cc(Cl)c1. The Morgan fingerprint density at radius 2 is 1.56 bits per heavy atom. The molecule has 16 heavy (non-hydrogen) atoms. The van der Waals surface area contributed by atoms with E-state index in [-0.39, 0.29) is 12.3 Å². The third-order valence-electron chi connectivity index (χ3n) is 2.13. The Bertz CT molecular complexity index is 323. The molecular weight excluding hydrogens is 249 g/mol. The minimum absolute atomic E-state index is 0.00969.